The molecule has 2 rings (SSSR count). The number of hydrazone groups is 1. The third-order valence-electron chi connectivity index (χ3n) is 2.63. The minimum Gasteiger partial charge on any atom is -0.360 e. The quantitative estimate of drug-likeness (QED) is 0.629. The van der Waals surface area contributed by atoms with E-state index in [1.165, 1.54) is 0 Å². The van der Waals surface area contributed by atoms with Crippen LogP contribution in [-0.2, 0) is 0 Å². The highest BCUT2D eigenvalue weighted by atomic mass is 16.2. The molecule has 0 fully saturated rings. The summed E-state index contributed by atoms with van der Waals surface area (Å²) < 4.78 is 0. The largest absolute Gasteiger partial charge is 0.360 e. The van der Waals surface area contributed by atoms with Crippen LogP contribution >= 0.6 is 0 Å². The first-order valence-electron chi connectivity index (χ1n) is 5.72. The zero-order valence-electron chi connectivity index (χ0n) is 10.4. The lowest BCUT2D eigenvalue weighted by molar-refractivity contribution is 0.0955. The number of amides is 1. The Bertz CT molecular complexity index is 553. The van der Waals surface area contributed by atoms with Crippen molar-refractivity contribution in [1.29, 1.82) is 0 Å². The average Bonchev–Trinajstić information content (AvgIpc) is 2.90. The lowest BCUT2D eigenvalue weighted by atomic mass is 10.1. The molecule has 0 unspecified atom stereocenters. The van der Waals surface area contributed by atoms with Crippen LogP contribution in [0.1, 0.15) is 28.5 Å². The van der Waals surface area contributed by atoms with Crippen molar-refractivity contribution in [2.75, 3.05) is 0 Å². The fraction of sp³-hybridized carbons (Fsp3) is 0.143. The van der Waals surface area contributed by atoms with Crippen molar-refractivity contribution in [3.63, 3.8) is 0 Å². The van der Waals surface area contributed by atoms with E-state index in [-0.39, 0.29) is 5.91 Å². The normalized spacial score (nSPS) is 11.3. The maximum atomic E-state index is 11.8. The van der Waals surface area contributed by atoms with Crippen LogP contribution in [0.25, 0.3) is 0 Å². The molecule has 0 radical (unpaired) electrons. The minimum atomic E-state index is -0.207. The second-order valence-corrected chi connectivity index (χ2v) is 4.09. The molecule has 0 bridgehead atoms. The van der Waals surface area contributed by atoms with Crippen LogP contribution in [0, 0.1) is 6.92 Å². The van der Waals surface area contributed by atoms with Gasteiger partial charge in [0.2, 0.25) is 0 Å². The molecule has 0 aliphatic rings. The van der Waals surface area contributed by atoms with Gasteiger partial charge in [-0.1, -0.05) is 17.7 Å². The maximum Gasteiger partial charge on any atom is 0.271 e. The monoisotopic (exact) mass is 241 g/mol. The first-order chi connectivity index (χ1) is 8.66. The zero-order chi connectivity index (χ0) is 13.0. The summed E-state index contributed by atoms with van der Waals surface area (Å²) in [5.41, 5.74) is 5.88. The molecule has 2 aromatic rings. The Morgan fingerprint density at radius 2 is 1.94 bits per heavy atom. The lowest BCUT2D eigenvalue weighted by Gasteiger charge is -2.02. The Kier molecular flexibility index (Phi) is 3.57. The molecule has 0 saturated carbocycles. The van der Waals surface area contributed by atoms with E-state index in [0.29, 0.717) is 5.56 Å². The van der Waals surface area contributed by atoms with Gasteiger partial charge in [0, 0.05) is 11.8 Å². The van der Waals surface area contributed by atoms with Gasteiger partial charge < -0.3 is 4.98 Å². The van der Waals surface area contributed by atoms with Crippen LogP contribution in [-0.4, -0.2) is 16.6 Å². The number of rotatable bonds is 3. The van der Waals surface area contributed by atoms with Gasteiger partial charge in [-0.3, -0.25) is 4.79 Å². The Morgan fingerprint density at radius 3 is 2.56 bits per heavy atom. The number of benzene rings is 1. The molecule has 1 aromatic carbocycles. The average molecular weight is 241 g/mol. The van der Waals surface area contributed by atoms with Gasteiger partial charge in [0.1, 0.15) is 0 Å². The fourth-order valence-corrected chi connectivity index (χ4v) is 1.52. The zero-order valence-corrected chi connectivity index (χ0v) is 10.4. The molecule has 1 amide bonds. The summed E-state index contributed by atoms with van der Waals surface area (Å²) in [5.74, 6) is -0.207. The van der Waals surface area contributed by atoms with Crippen LogP contribution in [0.4, 0.5) is 0 Å². The number of carbonyl (C=O) groups excluding carboxylic acids is 1. The van der Waals surface area contributed by atoms with Gasteiger partial charge in [-0.15, -0.1) is 0 Å². The Morgan fingerprint density at radius 1 is 1.22 bits per heavy atom. The highest BCUT2D eigenvalue weighted by Gasteiger charge is 2.04. The molecule has 0 atom stereocenters. The van der Waals surface area contributed by atoms with Crippen molar-refractivity contribution in [2.45, 2.75) is 13.8 Å². The summed E-state index contributed by atoms with van der Waals surface area (Å²) >= 11 is 0. The van der Waals surface area contributed by atoms with E-state index in [9.17, 15) is 4.79 Å². The van der Waals surface area contributed by atoms with Gasteiger partial charge in [0.25, 0.3) is 5.91 Å². The third-order valence-corrected chi connectivity index (χ3v) is 2.63. The van der Waals surface area contributed by atoms with Gasteiger partial charge in [-0.2, -0.15) is 5.10 Å². The van der Waals surface area contributed by atoms with E-state index in [1.807, 2.05) is 44.3 Å². The molecule has 18 heavy (non-hydrogen) atoms. The van der Waals surface area contributed by atoms with Gasteiger partial charge >= 0.3 is 0 Å². The van der Waals surface area contributed by atoms with Crippen molar-refractivity contribution >= 4 is 11.6 Å². The van der Waals surface area contributed by atoms with Gasteiger partial charge in [0.05, 0.1) is 11.4 Å². The molecule has 1 aromatic heterocycles. The molecule has 1 heterocycles. The number of hydrogen-bond donors (Lipinski definition) is 2. The number of carbonyl (C=O) groups is 1. The van der Waals surface area contributed by atoms with E-state index >= 15 is 0 Å². The number of aromatic amines is 1. The SMILES string of the molecule is C/C(=N\NC(=O)c1ccc(C)cc1)c1ccc[nH]1. The number of nitrogens with one attached hydrogen (secondary N) is 2. The molecule has 0 aliphatic carbocycles. The molecule has 4 nitrogen and oxygen atoms in total. The minimum absolute atomic E-state index is 0.207. The van der Waals surface area contributed by atoms with Crippen LogP contribution in [0.3, 0.4) is 0 Å². The standard InChI is InChI=1S/C14H15N3O/c1-10-5-7-12(8-6-10)14(18)17-16-11(2)13-4-3-9-15-13/h3-9,15H,1-2H3,(H,17,18)/b16-11+. The summed E-state index contributed by atoms with van der Waals surface area (Å²) in [6.07, 6.45) is 1.82. The summed E-state index contributed by atoms with van der Waals surface area (Å²) in [5, 5.41) is 4.05. The summed E-state index contributed by atoms with van der Waals surface area (Å²) in [6.45, 7) is 3.82. The fourth-order valence-electron chi connectivity index (χ4n) is 1.52. The first-order valence-corrected chi connectivity index (χ1v) is 5.72. The number of aryl methyl sites for hydroxylation is 1. The Labute approximate surface area is 106 Å². The van der Waals surface area contributed by atoms with Crippen molar-refractivity contribution in [3.05, 3.63) is 59.4 Å². The van der Waals surface area contributed by atoms with E-state index in [1.54, 1.807) is 12.1 Å². The molecular formula is C14H15N3O. The molecule has 0 spiro atoms. The van der Waals surface area contributed by atoms with Gasteiger partial charge in [0.15, 0.2) is 0 Å². The topological polar surface area (TPSA) is 57.2 Å². The highest BCUT2D eigenvalue weighted by Crippen LogP contribution is 2.03. The van der Waals surface area contributed by atoms with Crippen molar-refractivity contribution in [2.24, 2.45) is 5.10 Å². The summed E-state index contributed by atoms with van der Waals surface area (Å²) in [4.78, 5) is 14.8. The van der Waals surface area contributed by atoms with Gasteiger partial charge in [-0.05, 0) is 38.1 Å². The number of hydrogen-bond acceptors (Lipinski definition) is 2. The van der Waals surface area contributed by atoms with Crippen molar-refractivity contribution in [1.82, 2.24) is 10.4 Å². The van der Waals surface area contributed by atoms with Crippen molar-refractivity contribution in [3.8, 4) is 0 Å². The highest BCUT2D eigenvalue weighted by molar-refractivity contribution is 5.99. The lowest BCUT2D eigenvalue weighted by Crippen LogP contribution is -2.19. The predicted molar refractivity (Wildman–Crippen MR) is 71.6 cm³/mol. The van der Waals surface area contributed by atoms with Crippen LogP contribution in [0.5, 0.6) is 0 Å². The first kappa shape index (κ1) is 12.1. The van der Waals surface area contributed by atoms with E-state index in [0.717, 1.165) is 17.0 Å². The summed E-state index contributed by atoms with van der Waals surface area (Å²) in [7, 11) is 0. The van der Waals surface area contributed by atoms with E-state index in [4.69, 9.17) is 0 Å². The molecular weight excluding hydrogens is 226 g/mol. The van der Waals surface area contributed by atoms with E-state index in [2.05, 4.69) is 15.5 Å². The Balaban J connectivity index is 2.04. The number of nitrogens with zero attached hydrogens (tertiary/aromatic N) is 1. The van der Waals surface area contributed by atoms with Crippen molar-refractivity contribution < 1.29 is 4.79 Å². The molecule has 0 aliphatic heterocycles. The smallest absolute Gasteiger partial charge is 0.271 e. The second-order valence-electron chi connectivity index (χ2n) is 4.09. The third kappa shape index (κ3) is 2.85. The Hall–Kier alpha value is -2.36. The maximum absolute atomic E-state index is 11.8. The van der Waals surface area contributed by atoms with Crippen LogP contribution in [0.15, 0.2) is 47.7 Å². The summed E-state index contributed by atoms with van der Waals surface area (Å²) in [6, 6.07) is 11.1. The van der Waals surface area contributed by atoms with E-state index < -0.39 is 0 Å². The predicted octanol–water partition coefficient (Wildman–Crippen LogP) is 2.48. The number of H-pyrrole nitrogens is 1. The molecule has 2 N–H and O–H groups in total. The molecule has 92 valence electrons. The molecule has 4 heteroatoms. The second kappa shape index (κ2) is 5.31. The van der Waals surface area contributed by atoms with Crippen LogP contribution < -0.4 is 5.43 Å². The van der Waals surface area contributed by atoms with Gasteiger partial charge in [-0.25, -0.2) is 5.43 Å². The number of aromatic nitrogens is 1. The van der Waals surface area contributed by atoms with Crippen LogP contribution in [0.2, 0.25) is 0 Å². The molecule has 0 saturated heterocycles.